The summed E-state index contributed by atoms with van der Waals surface area (Å²) in [6.45, 7) is 0. The maximum Gasteiger partial charge on any atom is 0.205 e. The SMILES string of the molecule is O=CCCCC1=CCC(F)(Cl)C=C1. The molecule has 0 spiro atoms. The van der Waals surface area contributed by atoms with Crippen molar-refractivity contribution >= 4 is 17.9 Å². The number of allylic oxidation sites excluding steroid dienone is 4. The van der Waals surface area contributed by atoms with Gasteiger partial charge in [-0.3, -0.25) is 0 Å². The first-order valence-corrected chi connectivity index (χ1v) is 4.71. The molecule has 0 aromatic carbocycles. The Morgan fingerprint density at radius 1 is 1.69 bits per heavy atom. The van der Waals surface area contributed by atoms with Crippen molar-refractivity contribution in [2.45, 2.75) is 30.8 Å². The Bertz CT molecular complexity index is 243. The van der Waals surface area contributed by atoms with E-state index in [1.165, 1.54) is 6.08 Å². The zero-order valence-electron chi connectivity index (χ0n) is 7.30. The molecule has 0 aromatic rings. The van der Waals surface area contributed by atoms with E-state index in [4.69, 9.17) is 11.6 Å². The molecule has 0 saturated heterocycles. The smallest absolute Gasteiger partial charge is 0.205 e. The number of carbonyl (C=O) groups excluding carboxylic acids is 1. The van der Waals surface area contributed by atoms with Crippen molar-refractivity contribution in [3.05, 3.63) is 23.8 Å². The van der Waals surface area contributed by atoms with Gasteiger partial charge in [0, 0.05) is 12.8 Å². The van der Waals surface area contributed by atoms with E-state index in [1.807, 2.05) is 0 Å². The molecule has 3 heteroatoms. The molecule has 1 nitrogen and oxygen atoms in total. The summed E-state index contributed by atoms with van der Waals surface area (Å²) in [6, 6.07) is 0. The van der Waals surface area contributed by atoms with Crippen LogP contribution in [0.5, 0.6) is 0 Å². The Kier molecular flexibility index (Phi) is 3.67. The van der Waals surface area contributed by atoms with Crippen molar-refractivity contribution in [3.63, 3.8) is 0 Å². The van der Waals surface area contributed by atoms with Crippen LogP contribution in [0.4, 0.5) is 4.39 Å². The molecule has 1 unspecified atom stereocenters. The number of hydrogen-bond acceptors (Lipinski definition) is 1. The third-order valence-electron chi connectivity index (χ3n) is 1.97. The van der Waals surface area contributed by atoms with E-state index in [-0.39, 0.29) is 6.42 Å². The standard InChI is InChI=1S/C10H12ClFO/c11-10(12)6-4-9(5-7-10)3-1-2-8-13/h4-6,8H,1-3,7H2. The van der Waals surface area contributed by atoms with Crippen LogP contribution in [-0.2, 0) is 4.79 Å². The van der Waals surface area contributed by atoms with E-state index in [0.29, 0.717) is 6.42 Å². The maximum atomic E-state index is 13.0. The summed E-state index contributed by atoms with van der Waals surface area (Å²) in [5.74, 6) is 0. The highest BCUT2D eigenvalue weighted by Crippen LogP contribution is 2.30. The zero-order chi connectivity index (χ0) is 9.73. The highest BCUT2D eigenvalue weighted by atomic mass is 35.5. The van der Waals surface area contributed by atoms with Gasteiger partial charge in [-0.25, -0.2) is 4.39 Å². The van der Waals surface area contributed by atoms with Crippen molar-refractivity contribution in [2.24, 2.45) is 0 Å². The van der Waals surface area contributed by atoms with Gasteiger partial charge in [0.25, 0.3) is 0 Å². The lowest BCUT2D eigenvalue weighted by Gasteiger charge is -2.16. The van der Waals surface area contributed by atoms with Crippen LogP contribution in [0.25, 0.3) is 0 Å². The molecule has 0 aromatic heterocycles. The molecule has 1 aliphatic rings. The lowest BCUT2D eigenvalue weighted by Crippen LogP contribution is -2.11. The van der Waals surface area contributed by atoms with Crippen LogP contribution in [0.1, 0.15) is 25.7 Å². The topological polar surface area (TPSA) is 17.1 Å². The third-order valence-corrected chi connectivity index (χ3v) is 2.25. The largest absolute Gasteiger partial charge is 0.303 e. The van der Waals surface area contributed by atoms with Crippen molar-refractivity contribution in [1.82, 2.24) is 0 Å². The molecular formula is C10H12ClFO. The van der Waals surface area contributed by atoms with Gasteiger partial charge in [0.1, 0.15) is 6.29 Å². The molecule has 0 N–H and O–H groups in total. The minimum Gasteiger partial charge on any atom is -0.303 e. The lowest BCUT2D eigenvalue weighted by atomic mass is 10.0. The third kappa shape index (κ3) is 3.73. The molecule has 72 valence electrons. The number of carbonyl (C=O) groups is 1. The van der Waals surface area contributed by atoms with Crippen molar-refractivity contribution in [3.8, 4) is 0 Å². The highest BCUT2D eigenvalue weighted by Gasteiger charge is 2.23. The minimum absolute atomic E-state index is 0.224. The summed E-state index contributed by atoms with van der Waals surface area (Å²) in [7, 11) is 0. The number of rotatable bonds is 4. The van der Waals surface area contributed by atoms with E-state index < -0.39 is 5.13 Å². The predicted octanol–water partition coefficient (Wildman–Crippen LogP) is 3.15. The minimum atomic E-state index is -1.70. The van der Waals surface area contributed by atoms with Gasteiger partial charge in [0.2, 0.25) is 5.13 Å². The first-order valence-electron chi connectivity index (χ1n) is 4.34. The van der Waals surface area contributed by atoms with Crippen molar-refractivity contribution in [2.75, 3.05) is 0 Å². The summed E-state index contributed by atoms with van der Waals surface area (Å²) >= 11 is 5.44. The number of hydrogen-bond donors (Lipinski definition) is 0. The number of halogens is 2. The van der Waals surface area contributed by atoms with Crippen LogP contribution in [-0.4, -0.2) is 11.4 Å². The second-order valence-electron chi connectivity index (χ2n) is 3.14. The van der Waals surface area contributed by atoms with E-state index in [9.17, 15) is 9.18 Å². The van der Waals surface area contributed by atoms with Gasteiger partial charge in [0.15, 0.2) is 0 Å². The van der Waals surface area contributed by atoms with Crippen LogP contribution < -0.4 is 0 Å². The number of unbranched alkanes of at least 4 members (excludes halogenated alkanes) is 1. The fraction of sp³-hybridized carbons (Fsp3) is 0.500. The first kappa shape index (κ1) is 10.5. The van der Waals surface area contributed by atoms with Crippen LogP contribution in [0, 0.1) is 0 Å². The lowest BCUT2D eigenvalue weighted by molar-refractivity contribution is -0.107. The van der Waals surface area contributed by atoms with Crippen molar-refractivity contribution in [1.29, 1.82) is 0 Å². The van der Waals surface area contributed by atoms with Crippen LogP contribution in [0.3, 0.4) is 0 Å². The molecule has 0 fully saturated rings. The molecule has 1 aliphatic carbocycles. The first-order chi connectivity index (χ1) is 6.14. The molecule has 1 atom stereocenters. The van der Waals surface area contributed by atoms with Crippen LogP contribution in [0.15, 0.2) is 23.8 Å². The summed E-state index contributed by atoms with van der Waals surface area (Å²) in [4.78, 5) is 10.0. The average Bonchev–Trinajstić information content (AvgIpc) is 2.08. The Morgan fingerprint density at radius 2 is 2.46 bits per heavy atom. The number of alkyl halides is 2. The van der Waals surface area contributed by atoms with Gasteiger partial charge >= 0.3 is 0 Å². The maximum absolute atomic E-state index is 13.0. The van der Waals surface area contributed by atoms with Gasteiger partial charge in [-0.2, -0.15) is 0 Å². The van der Waals surface area contributed by atoms with Gasteiger partial charge in [0.05, 0.1) is 0 Å². The zero-order valence-corrected chi connectivity index (χ0v) is 8.06. The molecule has 0 bridgehead atoms. The quantitative estimate of drug-likeness (QED) is 0.389. The van der Waals surface area contributed by atoms with E-state index in [2.05, 4.69) is 0 Å². The van der Waals surface area contributed by atoms with Crippen LogP contribution in [0.2, 0.25) is 0 Å². The Labute approximate surface area is 82.3 Å². The fourth-order valence-electron chi connectivity index (χ4n) is 1.21. The monoisotopic (exact) mass is 202 g/mol. The Hall–Kier alpha value is -0.630. The fourth-order valence-corrected chi connectivity index (χ4v) is 1.35. The van der Waals surface area contributed by atoms with Crippen molar-refractivity contribution < 1.29 is 9.18 Å². The van der Waals surface area contributed by atoms with E-state index in [1.54, 1.807) is 12.2 Å². The van der Waals surface area contributed by atoms with Gasteiger partial charge < -0.3 is 4.79 Å². The average molecular weight is 203 g/mol. The molecule has 0 heterocycles. The second kappa shape index (κ2) is 4.56. The van der Waals surface area contributed by atoms with Gasteiger partial charge in [-0.1, -0.05) is 29.3 Å². The molecule has 1 rings (SSSR count). The van der Waals surface area contributed by atoms with E-state index >= 15 is 0 Å². The Morgan fingerprint density at radius 3 is 3.00 bits per heavy atom. The molecule has 0 amide bonds. The van der Waals surface area contributed by atoms with E-state index in [0.717, 1.165) is 24.7 Å². The van der Waals surface area contributed by atoms with Gasteiger partial charge in [-0.15, -0.1) is 0 Å². The summed E-state index contributed by atoms with van der Waals surface area (Å²) < 4.78 is 13.0. The summed E-state index contributed by atoms with van der Waals surface area (Å²) in [6.07, 6.45) is 8.18. The molecule has 13 heavy (non-hydrogen) atoms. The van der Waals surface area contributed by atoms with Crippen LogP contribution >= 0.6 is 11.6 Å². The molecule has 0 saturated carbocycles. The summed E-state index contributed by atoms with van der Waals surface area (Å²) in [5.41, 5.74) is 1.07. The molecular weight excluding hydrogens is 191 g/mol. The predicted molar refractivity (Wildman–Crippen MR) is 51.4 cm³/mol. The Balaban J connectivity index is 2.35. The summed E-state index contributed by atoms with van der Waals surface area (Å²) in [5, 5.41) is -1.70. The normalized spacial score (nSPS) is 27.1. The second-order valence-corrected chi connectivity index (χ2v) is 3.76. The van der Waals surface area contributed by atoms with Gasteiger partial charge in [-0.05, 0) is 18.9 Å². The highest BCUT2D eigenvalue weighted by molar-refractivity contribution is 6.24. The molecule has 0 radical (unpaired) electrons. The number of aldehydes is 1. The molecule has 0 aliphatic heterocycles.